The number of piperidine rings is 1. The van der Waals surface area contributed by atoms with Crippen LogP contribution in [0, 0.1) is 5.92 Å². The number of rotatable bonds is 7. The van der Waals surface area contributed by atoms with Crippen LogP contribution in [0.3, 0.4) is 0 Å². The third kappa shape index (κ3) is 4.81. The van der Waals surface area contributed by atoms with Crippen molar-refractivity contribution in [2.75, 3.05) is 19.6 Å². The SMILES string of the molecule is CC(CCc1ccco1)NS(=O)(=O)N1CCCC(CN)C1. The number of hydrogen-bond donors (Lipinski definition) is 2. The Morgan fingerprint density at radius 1 is 1.57 bits per heavy atom. The molecule has 6 nitrogen and oxygen atoms in total. The molecule has 0 aliphatic carbocycles. The zero-order valence-electron chi connectivity index (χ0n) is 12.5. The molecule has 0 saturated carbocycles. The van der Waals surface area contributed by atoms with Gasteiger partial charge in [0.2, 0.25) is 0 Å². The Hall–Kier alpha value is -0.890. The Morgan fingerprint density at radius 2 is 2.38 bits per heavy atom. The molecule has 0 radical (unpaired) electrons. The first-order valence-corrected chi connectivity index (χ1v) is 8.95. The van der Waals surface area contributed by atoms with Gasteiger partial charge in [-0.1, -0.05) is 0 Å². The molecule has 1 aromatic rings. The van der Waals surface area contributed by atoms with Crippen LogP contribution in [0.15, 0.2) is 22.8 Å². The van der Waals surface area contributed by atoms with Gasteiger partial charge >= 0.3 is 0 Å². The summed E-state index contributed by atoms with van der Waals surface area (Å²) in [6.07, 6.45) is 4.95. The first kappa shape index (κ1) is 16.5. The minimum atomic E-state index is -3.42. The van der Waals surface area contributed by atoms with Crippen molar-refractivity contribution in [2.45, 2.75) is 38.6 Å². The van der Waals surface area contributed by atoms with Crippen LogP contribution >= 0.6 is 0 Å². The summed E-state index contributed by atoms with van der Waals surface area (Å²) >= 11 is 0. The quantitative estimate of drug-likeness (QED) is 0.789. The molecule has 3 N–H and O–H groups in total. The van der Waals surface area contributed by atoms with E-state index in [-0.39, 0.29) is 12.0 Å². The number of aryl methyl sites for hydroxylation is 1. The van der Waals surface area contributed by atoms with Crippen molar-refractivity contribution in [2.24, 2.45) is 11.7 Å². The van der Waals surface area contributed by atoms with E-state index in [2.05, 4.69) is 4.72 Å². The number of nitrogens with one attached hydrogen (secondary N) is 1. The van der Waals surface area contributed by atoms with Crippen molar-refractivity contribution in [1.29, 1.82) is 0 Å². The van der Waals surface area contributed by atoms with E-state index in [1.807, 2.05) is 19.1 Å². The lowest BCUT2D eigenvalue weighted by molar-refractivity contribution is 0.267. The predicted octanol–water partition coefficient (Wildman–Crippen LogP) is 1.11. The van der Waals surface area contributed by atoms with Crippen molar-refractivity contribution >= 4 is 10.2 Å². The van der Waals surface area contributed by atoms with E-state index in [9.17, 15) is 8.42 Å². The second-order valence-electron chi connectivity index (χ2n) is 5.74. The summed E-state index contributed by atoms with van der Waals surface area (Å²) < 4.78 is 34.3. The molecule has 0 aromatic carbocycles. The highest BCUT2D eigenvalue weighted by atomic mass is 32.2. The summed E-state index contributed by atoms with van der Waals surface area (Å²) in [6, 6.07) is 3.61. The number of hydrogen-bond acceptors (Lipinski definition) is 4. The first-order valence-electron chi connectivity index (χ1n) is 7.51. The lowest BCUT2D eigenvalue weighted by Gasteiger charge is -2.32. The zero-order chi connectivity index (χ0) is 15.3. The van der Waals surface area contributed by atoms with Crippen LogP contribution in [0.1, 0.15) is 31.9 Å². The Balaban J connectivity index is 1.84. The summed E-state index contributed by atoms with van der Waals surface area (Å²) in [5.41, 5.74) is 5.66. The Bertz CT molecular complexity index is 516. The second-order valence-corrected chi connectivity index (χ2v) is 7.45. The fourth-order valence-corrected chi connectivity index (χ4v) is 4.19. The number of furan rings is 1. The molecule has 1 aliphatic heterocycles. The molecule has 2 heterocycles. The summed E-state index contributed by atoms with van der Waals surface area (Å²) in [5.74, 6) is 1.15. The van der Waals surface area contributed by atoms with E-state index in [4.69, 9.17) is 10.2 Å². The molecule has 1 saturated heterocycles. The van der Waals surface area contributed by atoms with E-state index in [1.54, 1.807) is 6.26 Å². The summed E-state index contributed by atoms with van der Waals surface area (Å²) in [4.78, 5) is 0. The zero-order valence-corrected chi connectivity index (χ0v) is 13.3. The molecule has 1 aromatic heterocycles. The Labute approximate surface area is 126 Å². The standard InChI is InChI=1S/C14H25N3O3S/c1-12(6-7-14-5-3-9-20-14)16-21(18,19)17-8-2-4-13(10-15)11-17/h3,5,9,12-13,16H,2,4,6-8,10-11,15H2,1H3. The molecule has 0 amide bonds. The van der Waals surface area contributed by atoms with Crippen molar-refractivity contribution < 1.29 is 12.8 Å². The van der Waals surface area contributed by atoms with E-state index in [0.29, 0.717) is 26.1 Å². The van der Waals surface area contributed by atoms with E-state index < -0.39 is 10.2 Å². The van der Waals surface area contributed by atoms with Gasteiger partial charge < -0.3 is 10.2 Å². The maximum Gasteiger partial charge on any atom is 0.279 e. The van der Waals surface area contributed by atoms with Gasteiger partial charge in [0.1, 0.15) is 5.76 Å². The third-order valence-corrected chi connectivity index (χ3v) is 5.62. The average Bonchev–Trinajstić information content (AvgIpc) is 2.98. The predicted molar refractivity (Wildman–Crippen MR) is 81.9 cm³/mol. The monoisotopic (exact) mass is 315 g/mol. The Morgan fingerprint density at radius 3 is 3.05 bits per heavy atom. The minimum Gasteiger partial charge on any atom is -0.469 e. The molecule has 2 unspecified atom stereocenters. The molecule has 21 heavy (non-hydrogen) atoms. The number of nitrogens with zero attached hydrogens (tertiary/aromatic N) is 1. The molecule has 2 atom stereocenters. The maximum absolute atomic E-state index is 12.4. The van der Waals surface area contributed by atoms with E-state index >= 15 is 0 Å². The molecular weight excluding hydrogens is 290 g/mol. The van der Waals surface area contributed by atoms with Gasteiger partial charge in [-0.15, -0.1) is 0 Å². The van der Waals surface area contributed by atoms with Gasteiger partial charge in [-0.25, -0.2) is 0 Å². The molecule has 7 heteroatoms. The average molecular weight is 315 g/mol. The van der Waals surface area contributed by atoms with Crippen molar-refractivity contribution in [1.82, 2.24) is 9.03 Å². The van der Waals surface area contributed by atoms with Crippen LogP contribution in [-0.4, -0.2) is 38.4 Å². The highest BCUT2D eigenvalue weighted by Gasteiger charge is 2.29. The topological polar surface area (TPSA) is 88.6 Å². The minimum absolute atomic E-state index is 0.127. The van der Waals surface area contributed by atoms with Crippen molar-refractivity contribution in [3.63, 3.8) is 0 Å². The Kier molecular flexibility index (Phi) is 5.80. The smallest absolute Gasteiger partial charge is 0.279 e. The van der Waals surface area contributed by atoms with Gasteiger partial charge in [0.05, 0.1) is 6.26 Å². The second kappa shape index (κ2) is 7.40. The molecule has 1 fully saturated rings. The van der Waals surface area contributed by atoms with Crippen LogP contribution in [0.2, 0.25) is 0 Å². The van der Waals surface area contributed by atoms with Crippen LogP contribution in [-0.2, 0) is 16.6 Å². The van der Waals surface area contributed by atoms with Crippen molar-refractivity contribution in [3.8, 4) is 0 Å². The van der Waals surface area contributed by atoms with Crippen LogP contribution in [0.25, 0.3) is 0 Å². The highest BCUT2D eigenvalue weighted by Crippen LogP contribution is 2.18. The molecule has 2 rings (SSSR count). The molecule has 0 bridgehead atoms. The summed E-state index contributed by atoms with van der Waals surface area (Å²) in [6.45, 7) is 3.53. The molecule has 0 spiro atoms. The van der Waals surface area contributed by atoms with E-state index in [0.717, 1.165) is 25.0 Å². The van der Waals surface area contributed by atoms with Gasteiger partial charge in [-0.3, -0.25) is 0 Å². The normalized spacial score (nSPS) is 22.3. The fraction of sp³-hybridized carbons (Fsp3) is 0.714. The first-order chi connectivity index (χ1) is 10.0. The summed E-state index contributed by atoms with van der Waals surface area (Å²) in [7, 11) is -3.42. The molecular formula is C14H25N3O3S. The third-order valence-electron chi connectivity index (χ3n) is 3.91. The van der Waals surface area contributed by atoms with E-state index in [1.165, 1.54) is 4.31 Å². The van der Waals surface area contributed by atoms with Crippen LogP contribution in [0.5, 0.6) is 0 Å². The van der Waals surface area contributed by atoms with Gasteiger partial charge in [0, 0.05) is 25.6 Å². The number of nitrogens with two attached hydrogens (primary N) is 1. The lowest BCUT2D eigenvalue weighted by atomic mass is 10.0. The van der Waals surface area contributed by atoms with Gasteiger partial charge in [-0.05, 0) is 50.8 Å². The largest absolute Gasteiger partial charge is 0.469 e. The van der Waals surface area contributed by atoms with Crippen LogP contribution < -0.4 is 10.5 Å². The lowest BCUT2D eigenvalue weighted by Crippen LogP contribution is -2.49. The van der Waals surface area contributed by atoms with Gasteiger partial charge in [-0.2, -0.15) is 17.4 Å². The van der Waals surface area contributed by atoms with Crippen molar-refractivity contribution in [3.05, 3.63) is 24.2 Å². The summed E-state index contributed by atoms with van der Waals surface area (Å²) in [5, 5.41) is 0. The highest BCUT2D eigenvalue weighted by molar-refractivity contribution is 7.87. The molecule has 1 aliphatic rings. The van der Waals surface area contributed by atoms with Crippen LogP contribution in [0.4, 0.5) is 0 Å². The van der Waals surface area contributed by atoms with Gasteiger partial charge in [0.15, 0.2) is 0 Å². The fourth-order valence-electron chi connectivity index (χ4n) is 2.64. The van der Waals surface area contributed by atoms with Gasteiger partial charge in [0.25, 0.3) is 10.2 Å². The molecule has 120 valence electrons. The maximum atomic E-state index is 12.4.